The van der Waals surface area contributed by atoms with E-state index in [1.165, 1.54) is 0 Å². The first-order valence-corrected chi connectivity index (χ1v) is 4.36. The number of amidine groups is 1. The van der Waals surface area contributed by atoms with Crippen LogP contribution >= 0.6 is 0 Å². The lowest BCUT2D eigenvalue weighted by Gasteiger charge is -2.27. The van der Waals surface area contributed by atoms with Gasteiger partial charge >= 0.3 is 0 Å². The Balaban J connectivity index is 2.38. The average Bonchev–Trinajstić information content (AvgIpc) is 2.17. The highest BCUT2D eigenvalue weighted by atomic mass is 16.1. The summed E-state index contributed by atoms with van der Waals surface area (Å²) in [5.74, 6) is 0.835. The van der Waals surface area contributed by atoms with Crippen molar-refractivity contribution < 1.29 is 4.79 Å². The number of hydrogen-bond acceptors (Lipinski definition) is 4. The molecule has 0 saturated carbocycles. The van der Waals surface area contributed by atoms with Crippen LogP contribution in [0.1, 0.15) is 6.92 Å². The van der Waals surface area contributed by atoms with Crippen molar-refractivity contribution in [2.45, 2.75) is 6.92 Å². The van der Waals surface area contributed by atoms with Gasteiger partial charge in [-0.3, -0.25) is 4.79 Å². The minimum Gasteiger partial charge on any atom is -0.398 e. The fourth-order valence-electron chi connectivity index (χ4n) is 1.45. The van der Waals surface area contributed by atoms with Gasteiger partial charge in [0.05, 0.1) is 6.54 Å². The van der Waals surface area contributed by atoms with Crippen molar-refractivity contribution in [1.29, 1.82) is 0 Å². The molecular formula is C10H11N3O. The molecule has 0 aliphatic carbocycles. The molecule has 0 aromatic rings. The lowest BCUT2D eigenvalue weighted by Crippen LogP contribution is -2.33. The van der Waals surface area contributed by atoms with Crippen molar-refractivity contribution in [3.8, 4) is 0 Å². The summed E-state index contributed by atoms with van der Waals surface area (Å²) in [6, 6.07) is 0. The van der Waals surface area contributed by atoms with Gasteiger partial charge in [0.1, 0.15) is 12.1 Å². The normalized spacial score (nSPS) is 20.2. The first kappa shape index (κ1) is 8.74. The van der Waals surface area contributed by atoms with Gasteiger partial charge in [-0.15, -0.1) is 0 Å². The number of rotatable bonds is 1. The van der Waals surface area contributed by atoms with Crippen LogP contribution in [0.5, 0.6) is 0 Å². The van der Waals surface area contributed by atoms with Gasteiger partial charge in [0.25, 0.3) is 0 Å². The van der Waals surface area contributed by atoms with Crippen molar-refractivity contribution in [3.63, 3.8) is 0 Å². The fraction of sp³-hybridized carbons (Fsp3) is 0.200. The van der Waals surface area contributed by atoms with E-state index in [9.17, 15) is 4.79 Å². The third kappa shape index (κ3) is 1.35. The molecule has 0 amide bonds. The summed E-state index contributed by atoms with van der Waals surface area (Å²) < 4.78 is 0. The van der Waals surface area contributed by atoms with Crippen LogP contribution in [-0.4, -0.2) is 23.6 Å². The second kappa shape index (κ2) is 3.14. The second-order valence-corrected chi connectivity index (χ2v) is 3.29. The molecule has 0 atom stereocenters. The SMILES string of the molecule is CC1=C(C=O)CN2C=C(N)C=CC2=N1. The highest BCUT2D eigenvalue weighted by Crippen LogP contribution is 2.17. The van der Waals surface area contributed by atoms with Crippen molar-refractivity contribution in [3.05, 3.63) is 35.3 Å². The Bertz CT molecular complexity index is 402. The number of fused-ring (bicyclic) bond motifs is 1. The van der Waals surface area contributed by atoms with Crippen LogP contribution in [0.2, 0.25) is 0 Å². The highest BCUT2D eigenvalue weighted by Gasteiger charge is 2.18. The first-order valence-electron chi connectivity index (χ1n) is 4.36. The lowest BCUT2D eigenvalue weighted by molar-refractivity contribution is -0.105. The summed E-state index contributed by atoms with van der Waals surface area (Å²) in [5.41, 5.74) is 7.80. The second-order valence-electron chi connectivity index (χ2n) is 3.29. The zero-order valence-electron chi connectivity index (χ0n) is 7.90. The standard InChI is InChI=1S/C10H11N3O/c1-7-8(6-14)4-13-5-9(11)2-3-10(13)12-7/h2-3,5-6H,4,11H2,1H3. The van der Waals surface area contributed by atoms with Crippen LogP contribution in [0, 0.1) is 0 Å². The first-order chi connectivity index (χ1) is 6.70. The highest BCUT2D eigenvalue weighted by molar-refractivity contribution is 5.98. The van der Waals surface area contributed by atoms with Crippen LogP contribution in [0.3, 0.4) is 0 Å². The molecule has 2 rings (SSSR count). The fourth-order valence-corrected chi connectivity index (χ4v) is 1.45. The van der Waals surface area contributed by atoms with Gasteiger partial charge in [-0.2, -0.15) is 0 Å². The molecule has 2 aliphatic heterocycles. The maximum atomic E-state index is 10.7. The molecule has 0 aromatic heterocycles. The zero-order chi connectivity index (χ0) is 10.1. The van der Waals surface area contributed by atoms with Gasteiger partial charge in [-0.05, 0) is 19.1 Å². The smallest absolute Gasteiger partial charge is 0.149 e. The van der Waals surface area contributed by atoms with E-state index in [1.807, 2.05) is 17.9 Å². The van der Waals surface area contributed by atoms with E-state index in [0.717, 1.165) is 17.8 Å². The van der Waals surface area contributed by atoms with Gasteiger partial charge in [-0.1, -0.05) is 0 Å². The van der Waals surface area contributed by atoms with Crippen LogP contribution < -0.4 is 5.73 Å². The molecule has 0 saturated heterocycles. The molecule has 2 N–H and O–H groups in total. The van der Waals surface area contributed by atoms with E-state index >= 15 is 0 Å². The van der Waals surface area contributed by atoms with E-state index in [2.05, 4.69) is 4.99 Å². The van der Waals surface area contributed by atoms with Crippen molar-refractivity contribution in [2.75, 3.05) is 6.54 Å². The van der Waals surface area contributed by atoms with E-state index in [1.54, 1.807) is 12.3 Å². The summed E-state index contributed by atoms with van der Waals surface area (Å²) in [5, 5.41) is 0. The third-order valence-electron chi connectivity index (χ3n) is 2.25. The summed E-state index contributed by atoms with van der Waals surface area (Å²) in [6.45, 7) is 2.39. The van der Waals surface area contributed by atoms with Crippen molar-refractivity contribution in [2.24, 2.45) is 10.7 Å². The summed E-state index contributed by atoms with van der Waals surface area (Å²) in [4.78, 5) is 16.9. The molecule has 14 heavy (non-hydrogen) atoms. The maximum absolute atomic E-state index is 10.7. The number of aliphatic imine (C=N–C) groups is 1. The molecule has 0 spiro atoms. The Morgan fingerprint density at radius 2 is 2.36 bits per heavy atom. The monoisotopic (exact) mass is 189 g/mol. The van der Waals surface area contributed by atoms with Crippen LogP contribution in [-0.2, 0) is 4.79 Å². The Kier molecular flexibility index (Phi) is 1.96. The maximum Gasteiger partial charge on any atom is 0.149 e. The number of hydrogen-bond donors (Lipinski definition) is 1. The molecule has 4 nitrogen and oxygen atoms in total. The number of nitrogens with zero attached hydrogens (tertiary/aromatic N) is 2. The molecule has 0 radical (unpaired) electrons. The Morgan fingerprint density at radius 3 is 3.07 bits per heavy atom. The molecular weight excluding hydrogens is 178 g/mol. The lowest BCUT2D eigenvalue weighted by atomic mass is 10.1. The summed E-state index contributed by atoms with van der Waals surface area (Å²) in [7, 11) is 0. The minimum absolute atomic E-state index is 0.555. The van der Waals surface area contributed by atoms with E-state index in [4.69, 9.17) is 5.73 Å². The number of aldehydes is 1. The van der Waals surface area contributed by atoms with E-state index in [-0.39, 0.29) is 0 Å². The van der Waals surface area contributed by atoms with Crippen molar-refractivity contribution in [1.82, 2.24) is 4.90 Å². The largest absolute Gasteiger partial charge is 0.398 e. The quantitative estimate of drug-likeness (QED) is 0.612. The van der Waals surface area contributed by atoms with Gasteiger partial charge in [0.2, 0.25) is 0 Å². The van der Waals surface area contributed by atoms with Gasteiger partial charge in [0, 0.05) is 23.2 Å². The molecule has 2 heterocycles. The number of allylic oxidation sites excluding steroid dienone is 2. The van der Waals surface area contributed by atoms with Crippen molar-refractivity contribution >= 4 is 12.1 Å². The zero-order valence-corrected chi connectivity index (χ0v) is 7.90. The molecule has 0 bridgehead atoms. The topological polar surface area (TPSA) is 58.7 Å². The molecule has 0 aromatic carbocycles. The van der Waals surface area contributed by atoms with Gasteiger partial charge < -0.3 is 10.6 Å². The van der Waals surface area contributed by atoms with Gasteiger partial charge in [0.15, 0.2) is 0 Å². The number of carbonyl (C=O) groups is 1. The predicted molar refractivity (Wildman–Crippen MR) is 54.3 cm³/mol. The summed E-state index contributed by atoms with van der Waals surface area (Å²) >= 11 is 0. The Labute approximate surface area is 82.1 Å². The van der Waals surface area contributed by atoms with E-state index < -0.39 is 0 Å². The minimum atomic E-state index is 0.555. The van der Waals surface area contributed by atoms with Crippen LogP contribution in [0.25, 0.3) is 0 Å². The van der Waals surface area contributed by atoms with Gasteiger partial charge in [-0.25, -0.2) is 4.99 Å². The molecule has 4 heteroatoms. The van der Waals surface area contributed by atoms with Crippen LogP contribution in [0.15, 0.2) is 40.3 Å². The third-order valence-corrected chi connectivity index (χ3v) is 2.25. The number of carbonyl (C=O) groups excluding carboxylic acids is 1. The predicted octanol–water partition coefficient (Wildman–Crippen LogP) is 0.543. The van der Waals surface area contributed by atoms with E-state index in [0.29, 0.717) is 17.8 Å². The molecule has 72 valence electrons. The summed E-state index contributed by atoms with van der Waals surface area (Å²) in [6.07, 6.45) is 6.28. The van der Waals surface area contributed by atoms with Crippen LogP contribution in [0.4, 0.5) is 0 Å². The Morgan fingerprint density at radius 1 is 1.57 bits per heavy atom. The molecule has 0 fully saturated rings. The average molecular weight is 189 g/mol. The Hall–Kier alpha value is -1.84. The molecule has 2 aliphatic rings. The molecule has 0 unspecified atom stereocenters. The number of nitrogens with two attached hydrogens (primary N) is 1.